The number of piperidine rings is 1. The van der Waals surface area contributed by atoms with Crippen LogP contribution in [0.3, 0.4) is 0 Å². The number of nitrogens with one attached hydrogen (secondary N) is 1. The highest BCUT2D eigenvalue weighted by Crippen LogP contribution is 2.44. The Hall–Kier alpha value is -2.01. The van der Waals surface area contributed by atoms with Crippen molar-refractivity contribution in [2.45, 2.75) is 50.2 Å². The van der Waals surface area contributed by atoms with Gasteiger partial charge in [-0.1, -0.05) is 6.07 Å². The predicted molar refractivity (Wildman–Crippen MR) is 107 cm³/mol. The van der Waals surface area contributed by atoms with Crippen LogP contribution in [-0.2, 0) is 16.0 Å². The van der Waals surface area contributed by atoms with E-state index in [2.05, 4.69) is 25.1 Å². The number of likely N-dealkylation sites (tertiary alicyclic amines) is 1. The number of aromatic amines is 1. The predicted octanol–water partition coefficient (Wildman–Crippen LogP) is 3.03. The van der Waals surface area contributed by atoms with Crippen LogP contribution in [0.4, 0.5) is 13.2 Å². The van der Waals surface area contributed by atoms with E-state index in [0.29, 0.717) is 23.4 Å². The lowest BCUT2D eigenvalue weighted by Crippen LogP contribution is -2.55. The molecule has 1 spiro atoms. The SMILES string of the molecule is O=S1(=O)CC2(CCN([C@H]3CC[C@H](c4nc(-c5cccc(C(F)(F)F)n5)n[nH]4)C3)CC2)C1. The maximum absolute atomic E-state index is 12.9. The summed E-state index contributed by atoms with van der Waals surface area (Å²) in [7, 11) is -2.81. The molecule has 5 rings (SSSR count). The first-order valence-corrected chi connectivity index (χ1v) is 12.4. The van der Waals surface area contributed by atoms with Gasteiger partial charge in [-0.25, -0.2) is 18.4 Å². The van der Waals surface area contributed by atoms with Crippen LogP contribution in [0.5, 0.6) is 0 Å². The maximum atomic E-state index is 12.9. The van der Waals surface area contributed by atoms with Gasteiger partial charge in [0.05, 0.1) is 11.5 Å². The van der Waals surface area contributed by atoms with E-state index in [9.17, 15) is 21.6 Å². The third kappa shape index (κ3) is 4.09. The van der Waals surface area contributed by atoms with E-state index < -0.39 is 21.7 Å². The van der Waals surface area contributed by atoms with Gasteiger partial charge in [0.1, 0.15) is 17.2 Å². The molecule has 2 aliphatic heterocycles. The second-order valence-electron chi connectivity index (χ2n) is 9.18. The molecule has 168 valence electrons. The number of H-pyrrole nitrogens is 1. The molecule has 0 amide bonds. The first-order chi connectivity index (χ1) is 14.6. The molecule has 0 unspecified atom stereocenters. The molecule has 1 saturated carbocycles. The second kappa shape index (κ2) is 7.26. The van der Waals surface area contributed by atoms with Crippen LogP contribution in [0.2, 0.25) is 0 Å². The lowest BCUT2D eigenvalue weighted by atomic mass is 9.80. The van der Waals surface area contributed by atoms with Gasteiger partial charge in [-0.2, -0.15) is 18.3 Å². The van der Waals surface area contributed by atoms with Crippen LogP contribution in [-0.4, -0.2) is 64.1 Å². The number of halogens is 3. The molecule has 2 aromatic heterocycles. The van der Waals surface area contributed by atoms with Gasteiger partial charge in [0.2, 0.25) is 0 Å². The normalized spacial score (nSPS) is 28.0. The van der Waals surface area contributed by atoms with Crippen LogP contribution >= 0.6 is 0 Å². The molecule has 0 radical (unpaired) electrons. The van der Waals surface area contributed by atoms with Gasteiger partial charge in [0, 0.05) is 17.4 Å². The number of rotatable bonds is 3. The zero-order valence-electron chi connectivity index (χ0n) is 16.9. The minimum absolute atomic E-state index is 0.00508. The smallest absolute Gasteiger partial charge is 0.300 e. The van der Waals surface area contributed by atoms with E-state index >= 15 is 0 Å². The summed E-state index contributed by atoms with van der Waals surface area (Å²) >= 11 is 0. The van der Waals surface area contributed by atoms with E-state index in [1.165, 1.54) is 12.1 Å². The van der Waals surface area contributed by atoms with Crippen molar-refractivity contribution in [2.24, 2.45) is 5.41 Å². The monoisotopic (exact) mass is 455 g/mol. The minimum Gasteiger partial charge on any atom is -0.300 e. The third-order valence-corrected chi connectivity index (χ3v) is 9.09. The van der Waals surface area contributed by atoms with Crippen molar-refractivity contribution in [1.82, 2.24) is 25.1 Å². The molecule has 3 aliphatic rings. The number of pyridine rings is 1. The molecule has 11 heteroatoms. The van der Waals surface area contributed by atoms with E-state index in [0.717, 1.165) is 51.3 Å². The van der Waals surface area contributed by atoms with Crippen molar-refractivity contribution in [3.05, 3.63) is 29.7 Å². The third-order valence-electron chi connectivity index (χ3n) is 6.99. The summed E-state index contributed by atoms with van der Waals surface area (Å²) in [6.45, 7) is 1.84. The molecular weight excluding hydrogens is 431 g/mol. The molecule has 2 atom stereocenters. The zero-order chi connectivity index (χ0) is 21.9. The molecule has 4 heterocycles. The van der Waals surface area contributed by atoms with Crippen LogP contribution in [0.1, 0.15) is 49.5 Å². The molecule has 1 aliphatic carbocycles. The van der Waals surface area contributed by atoms with Crippen molar-refractivity contribution < 1.29 is 21.6 Å². The van der Waals surface area contributed by atoms with E-state index in [4.69, 9.17) is 0 Å². The Kier molecular flexibility index (Phi) is 4.89. The van der Waals surface area contributed by atoms with Crippen molar-refractivity contribution >= 4 is 9.84 Å². The Labute approximate surface area is 178 Å². The fourth-order valence-electron chi connectivity index (χ4n) is 5.37. The lowest BCUT2D eigenvalue weighted by Gasteiger charge is -2.48. The molecule has 2 saturated heterocycles. The van der Waals surface area contributed by atoms with Crippen LogP contribution in [0, 0.1) is 5.41 Å². The molecule has 2 aromatic rings. The number of hydrogen-bond acceptors (Lipinski definition) is 6. The second-order valence-corrected chi connectivity index (χ2v) is 11.2. The Morgan fingerprint density at radius 2 is 1.84 bits per heavy atom. The Bertz CT molecular complexity index is 1060. The topological polar surface area (TPSA) is 91.8 Å². The summed E-state index contributed by atoms with van der Waals surface area (Å²) in [5.41, 5.74) is -0.853. The Morgan fingerprint density at radius 3 is 2.52 bits per heavy atom. The van der Waals surface area contributed by atoms with Crippen molar-refractivity contribution in [1.29, 1.82) is 0 Å². The van der Waals surface area contributed by atoms with E-state index in [1.807, 2.05) is 0 Å². The van der Waals surface area contributed by atoms with Crippen molar-refractivity contribution in [2.75, 3.05) is 24.6 Å². The minimum atomic E-state index is -4.51. The largest absolute Gasteiger partial charge is 0.433 e. The van der Waals surface area contributed by atoms with Gasteiger partial charge in [-0.3, -0.25) is 5.10 Å². The standard InChI is InChI=1S/C20H24F3N5O2S/c21-20(22,23)16-3-1-2-15(24-16)18-25-17(26-27-18)13-4-5-14(10-13)28-8-6-19(7-9-28)11-31(29,30)12-19/h1-3,13-14H,4-12H2,(H,25,26,27)/t13-,14-/m0/s1. The van der Waals surface area contributed by atoms with Gasteiger partial charge >= 0.3 is 6.18 Å². The zero-order valence-corrected chi connectivity index (χ0v) is 17.7. The summed E-state index contributed by atoms with van der Waals surface area (Å²) in [4.78, 5) is 10.6. The maximum Gasteiger partial charge on any atom is 0.433 e. The molecule has 1 N–H and O–H groups in total. The van der Waals surface area contributed by atoms with Gasteiger partial charge in [0.15, 0.2) is 15.7 Å². The Morgan fingerprint density at radius 1 is 1.10 bits per heavy atom. The molecule has 0 bridgehead atoms. The molecule has 7 nitrogen and oxygen atoms in total. The molecule has 0 aromatic carbocycles. The highest BCUT2D eigenvalue weighted by molar-refractivity contribution is 7.92. The summed E-state index contributed by atoms with van der Waals surface area (Å²) in [6, 6.07) is 4.13. The van der Waals surface area contributed by atoms with Crippen LogP contribution in [0.15, 0.2) is 18.2 Å². The van der Waals surface area contributed by atoms with Crippen molar-refractivity contribution in [3.63, 3.8) is 0 Å². The number of alkyl halides is 3. The first-order valence-electron chi connectivity index (χ1n) is 10.5. The summed E-state index contributed by atoms with van der Waals surface area (Å²) in [5.74, 6) is 1.72. The fourth-order valence-corrected chi connectivity index (χ4v) is 7.73. The van der Waals surface area contributed by atoms with Gasteiger partial charge in [-0.05, 0) is 57.3 Å². The summed E-state index contributed by atoms with van der Waals surface area (Å²) in [5, 5.41) is 7.01. The van der Waals surface area contributed by atoms with Gasteiger partial charge in [0.25, 0.3) is 0 Å². The highest BCUT2D eigenvalue weighted by atomic mass is 32.2. The molecular formula is C20H24F3N5O2S. The van der Waals surface area contributed by atoms with Gasteiger partial charge in [-0.15, -0.1) is 0 Å². The number of nitrogens with zero attached hydrogens (tertiary/aromatic N) is 4. The summed E-state index contributed by atoms with van der Waals surface area (Å²) in [6.07, 6.45) is 0.224. The number of aromatic nitrogens is 4. The average Bonchev–Trinajstić information content (AvgIpc) is 3.36. The molecule has 3 fully saturated rings. The van der Waals surface area contributed by atoms with Gasteiger partial charge < -0.3 is 4.90 Å². The van der Waals surface area contributed by atoms with Crippen LogP contribution < -0.4 is 0 Å². The average molecular weight is 456 g/mol. The number of hydrogen-bond donors (Lipinski definition) is 1. The van der Waals surface area contributed by atoms with Crippen LogP contribution in [0.25, 0.3) is 11.5 Å². The number of sulfone groups is 1. The fraction of sp³-hybridized carbons (Fsp3) is 0.650. The first kappa shape index (κ1) is 20.9. The van der Waals surface area contributed by atoms with E-state index in [1.54, 1.807) is 0 Å². The lowest BCUT2D eigenvalue weighted by molar-refractivity contribution is -0.141. The highest BCUT2D eigenvalue weighted by Gasteiger charge is 2.50. The van der Waals surface area contributed by atoms with Crippen molar-refractivity contribution in [3.8, 4) is 11.5 Å². The quantitative estimate of drug-likeness (QED) is 0.765. The van der Waals surface area contributed by atoms with E-state index in [-0.39, 0.29) is 22.9 Å². The summed E-state index contributed by atoms with van der Waals surface area (Å²) < 4.78 is 61.9. The Balaban J connectivity index is 1.21. The molecule has 31 heavy (non-hydrogen) atoms.